The van der Waals surface area contributed by atoms with E-state index in [9.17, 15) is 22.8 Å². The van der Waals surface area contributed by atoms with E-state index < -0.39 is 38.2 Å². The molecule has 2 aliphatic rings. The number of rotatable bonds is 10. The number of esters is 1. The fraction of sp³-hybridized carbons (Fsp3) is 0.452. The van der Waals surface area contributed by atoms with Crippen molar-refractivity contribution in [2.45, 2.75) is 66.2 Å². The summed E-state index contributed by atoms with van der Waals surface area (Å²) in [6.45, 7) is 7.25. The Labute approximate surface area is 240 Å². The predicted octanol–water partition coefficient (Wildman–Crippen LogP) is 5.00. The van der Waals surface area contributed by atoms with E-state index >= 15 is 0 Å². The van der Waals surface area contributed by atoms with Crippen LogP contribution in [0, 0.1) is 16.7 Å². The van der Waals surface area contributed by atoms with Gasteiger partial charge in [0, 0.05) is 13.3 Å². The molecule has 2 fully saturated rings. The summed E-state index contributed by atoms with van der Waals surface area (Å²) in [5.74, 6) is -0.529. The monoisotopic (exact) mass is 580 g/mol. The molecule has 0 amide bonds. The van der Waals surface area contributed by atoms with Crippen molar-refractivity contribution >= 4 is 21.9 Å². The number of ether oxygens (including phenoxy) is 1. The summed E-state index contributed by atoms with van der Waals surface area (Å²) < 4.78 is 41.6. The highest BCUT2D eigenvalue weighted by atomic mass is 32.2. The highest BCUT2D eigenvalue weighted by molar-refractivity contribution is 7.87. The molecule has 0 spiro atoms. The minimum absolute atomic E-state index is 0.0250. The lowest BCUT2D eigenvalue weighted by Crippen LogP contribution is -2.43. The van der Waals surface area contributed by atoms with E-state index in [2.05, 4.69) is 0 Å². The van der Waals surface area contributed by atoms with Gasteiger partial charge in [-0.15, -0.1) is 0 Å². The molecule has 5 rings (SSSR count). The van der Waals surface area contributed by atoms with Gasteiger partial charge in [0.2, 0.25) is 5.88 Å². The molecule has 0 N–H and O–H groups in total. The van der Waals surface area contributed by atoms with Crippen LogP contribution < -0.4 is 14.5 Å². The number of benzene rings is 2. The Kier molecular flexibility index (Phi) is 7.48. The van der Waals surface area contributed by atoms with Crippen LogP contribution >= 0.6 is 0 Å². The van der Waals surface area contributed by atoms with Gasteiger partial charge in [0.05, 0.1) is 28.1 Å². The van der Waals surface area contributed by atoms with Crippen molar-refractivity contribution in [1.82, 2.24) is 9.36 Å². The summed E-state index contributed by atoms with van der Waals surface area (Å²) in [4.78, 5) is 38.5. The van der Waals surface area contributed by atoms with Gasteiger partial charge in [-0.25, -0.2) is 9.36 Å². The van der Waals surface area contributed by atoms with Crippen molar-refractivity contribution in [3.05, 3.63) is 70.5 Å². The Morgan fingerprint density at radius 1 is 1.00 bits per heavy atom. The zero-order valence-electron chi connectivity index (χ0n) is 23.9. The molecule has 2 bridgehead atoms. The van der Waals surface area contributed by atoms with Gasteiger partial charge >= 0.3 is 16.1 Å². The van der Waals surface area contributed by atoms with Crippen LogP contribution in [0.5, 0.6) is 11.6 Å². The second-order valence-electron chi connectivity index (χ2n) is 11.7. The standard InChI is InChI=1S/C31H36N2O7S/c1-5-6-12-26-28(36)32(24-13-15-25(16-14-24)39-21(2)34)33(23-10-8-7-9-11-23)29(26)40-41(37,38)20-31-18-17-22(19-27(31)35)30(31,3)4/h7-11,13-16,22H,5-6,12,17-20H2,1-4H3. The third-order valence-corrected chi connectivity index (χ3v) is 10.3. The largest absolute Gasteiger partial charge is 0.427 e. The number of hydrogen-bond donors (Lipinski definition) is 0. The molecule has 41 heavy (non-hydrogen) atoms. The second kappa shape index (κ2) is 10.6. The fourth-order valence-corrected chi connectivity index (χ4v) is 8.35. The molecule has 0 saturated heterocycles. The maximum absolute atomic E-state index is 14.0. The highest BCUT2D eigenvalue weighted by Gasteiger charge is 2.65. The Morgan fingerprint density at radius 2 is 1.66 bits per heavy atom. The number of aromatic nitrogens is 2. The smallest absolute Gasteiger partial charge is 0.311 e. The van der Waals surface area contributed by atoms with Gasteiger partial charge in [0.25, 0.3) is 5.56 Å². The Balaban J connectivity index is 1.65. The van der Waals surface area contributed by atoms with Gasteiger partial charge in [0.1, 0.15) is 11.5 Å². The minimum atomic E-state index is -4.30. The van der Waals surface area contributed by atoms with Crippen molar-refractivity contribution in [2.75, 3.05) is 5.75 Å². The molecular formula is C31H36N2O7S. The Hall–Kier alpha value is -3.66. The van der Waals surface area contributed by atoms with E-state index in [1.807, 2.05) is 26.8 Å². The number of fused-ring (bicyclic) bond motifs is 2. The second-order valence-corrected chi connectivity index (χ2v) is 13.3. The zero-order chi connectivity index (χ0) is 29.6. The molecule has 3 aromatic rings. The third-order valence-electron chi connectivity index (χ3n) is 8.99. The average molecular weight is 581 g/mol. The molecule has 0 aliphatic heterocycles. The zero-order valence-corrected chi connectivity index (χ0v) is 24.7. The van der Waals surface area contributed by atoms with E-state index in [-0.39, 0.29) is 23.1 Å². The van der Waals surface area contributed by atoms with Crippen molar-refractivity contribution in [2.24, 2.45) is 16.7 Å². The van der Waals surface area contributed by atoms with Crippen LogP contribution in [0.4, 0.5) is 0 Å². The molecule has 1 heterocycles. The summed E-state index contributed by atoms with van der Waals surface area (Å²) in [7, 11) is -4.30. The summed E-state index contributed by atoms with van der Waals surface area (Å²) >= 11 is 0. The van der Waals surface area contributed by atoms with Crippen molar-refractivity contribution in [3.8, 4) is 23.0 Å². The number of Topliss-reactive ketones (excluding diaryl/α,β-unsaturated/α-hetero) is 1. The maximum Gasteiger partial charge on any atom is 0.311 e. The molecule has 0 radical (unpaired) electrons. The normalized spacial score (nSPS) is 21.3. The third kappa shape index (κ3) is 5.03. The van der Waals surface area contributed by atoms with Crippen LogP contribution in [0.2, 0.25) is 0 Å². The van der Waals surface area contributed by atoms with Crippen molar-refractivity contribution < 1.29 is 26.9 Å². The van der Waals surface area contributed by atoms with Crippen LogP contribution in [0.1, 0.15) is 65.4 Å². The molecule has 1 aromatic heterocycles. The first-order valence-electron chi connectivity index (χ1n) is 14.1. The van der Waals surface area contributed by atoms with Gasteiger partial charge in [-0.1, -0.05) is 45.4 Å². The number of unbranched alkanes of at least 4 members (excludes halogenated alkanes) is 1. The van der Waals surface area contributed by atoms with Crippen LogP contribution in [-0.4, -0.2) is 35.3 Å². The van der Waals surface area contributed by atoms with E-state index in [0.29, 0.717) is 42.8 Å². The Bertz CT molecular complexity index is 1640. The molecule has 2 aliphatic carbocycles. The fourth-order valence-electron chi connectivity index (χ4n) is 6.60. The van der Waals surface area contributed by atoms with Gasteiger partial charge in [-0.2, -0.15) is 8.42 Å². The van der Waals surface area contributed by atoms with Crippen LogP contribution in [0.25, 0.3) is 11.4 Å². The number of carbonyl (C=O) groups is 2. The predicted molar refractivity (Wildman–Crippen MR) is 154 cm³/mol. The average Bonchev–Trinajstić information content (AvgIpc) is 3.39. The summed E-state index contributed by atoms with van der Waals surface area (Å²) in [5.41, 5.74) is -0.679. The van der Waals surface area contributed by atoms with Crippen molar-refractivity contribution in [1.29, 1.82) is 0 Å². The highest BCUT2D eigenvalue weighted by Crippen LogP contribution is 2.64. The molecule has 10 heteroatoms. The lowest BCUT2D eigenvalue weighted by atomic mass is 9.70. The van der Waals surface area contributed by atoms with Crippen LogP contribution in [-0.2, 0) is 26.1 Å². The number of ketones is 1. The van der Waals surface area contributed by atoms with Crippen LogP contribution in [0.3, 0.4) is 0 Å². The molecule has 2 unspecified atom stereocenters. The van der Waals surface area contributed by atoms with E-state index in [1.165, 1.54) is 16.3 Å². The van der Waals surface area contributed by atoms with E-state index in [0.717, 1.165) is 12.8 Å². The lowest BCUT2D eigenvalue weighted by molar-refractivity contribution is -0.132. The first kappa shape index (κ1) is 28.9. The molecule has 2 saturated carbocycles. The van der Waals surface area contributed by atoms with Gasteiger partial charge in [-0.05, 0) is 73.4 Å². The SMILES string of the molecule is CCCCc1c(OS(=O)(=O)CC23CCC(CC2=O)C3(C)C)n(-c2ccccc2)n(-c2ccc(OC(C)=O)cc2)c1=O. The summed E-state index contributed by atoms with van der Waals surface area (Å²) in [6.07, 6.45) is 3.45. The first-order valence-corrected chi connectivity index (χ1v) is 15.6. The quantitative estimate of drug-likeness (QED) is 0.188. The number of nitrogens with zero attached hydrogens (tertiary/aromatic N) is 2. The van der Waals surface area contributed by atoms with Gasteiger partial charge in [0.15, 0.2) is 0 Å². The molecule has 218 valence electrons. The molecule has 2 atom stereocenters. The molecule has 9 nitrogen and oxygen atoms in total. The van der Waals surface area contributed by atoms with Gasteiger partial charge < -0.3 is 8.92 Å². The Morgan fingerprint density at radius 3 is 2.22 bits per heavy atom. The lowest BCUT2D eigenvalue weighted by Gasteiger charge is -2.35. The van der Waals surface area contributed by atoms with Crippen molar-refractivity contribution in [3.63, 3.8) is 0 Å². The van der Waals surface area contributed by atoms with E-state index in [1.54, 1.807) is 48.5 Å². The van der Waals surface area contributed by atoms with E-state index in [4.69, 9.17) is 8.92 Å². The number of para-hydroxylation sites is 1. The number of hydrogen-bond acceptors (Lipinski definition) is 7. The first-order chi connectivity index (χ1) is 19.4. The maximum atomic E-state index is 14.0. The molecule has 2 aromatic carbocycles. The van der Waals surface area contributed by atoms with Gasteiger partial charge in [-0.3, -0.25) is 14.4 Å². The minimum Gasteiger partial charge on any atom is -0.427 e. The summed E-state index contributed by atoms with van der Waals surface area (Å²) in [5, 5.41) is 0. The number of carbonyl (C=O) groups excluding carboxylic acids is 2. The summed E-state index contributed by atoms with van der Waals surface area (Å²) in [6, 6.07) is 15.3. The topological polar surface area (TPSA) is 114 Å². The van der Waals surface area contributed by atoms with Crippen LogP contribution in [0.15, 0.2) is 59.4 Å². The molecular weight excluding hydrogens is 544 g/mol.